The Bertz CT molecular complexity index is 1840. The molecule has 0 saturated heterocycles. The van der Waals surface area contributed by atoms with E-state index in [1.807, 2.05) is 54.7 Å². The number of nitrogens with zero attached hydrogens (tertiary/aromatic N) is 2. The number of hydrogen-bond acceptors (Lipinski definition) is 6. The van der Waals surface area contributed by atoms with E-state index in [1.165, 1.54) is 7.11 Å². The second-order valence-electron chi connectivity index (χ2n) is 11.3. The van der Waals surface area contributed by atoms with Gasteiger partial charge in [-0.1, -0.05) is 57.2 Å². The molecule has 0 aliphatic heterocycles. The number of aromatic nitrogens is 2. The highest BCUT2D eigenvalue weighted by molar-refractivity contribution is 7.13. The number of ether oxygens (including phenoxy) is 2. The van der Waals surface area contributed by atoms with Gasteiger partial charge in [0.1, 0.15) is 17.9 Å². The summed E-state index contributed by atoms with van der Waals surface area (Å²) < 4.78 is 19.4. The molecule has 6 rings (SSSR count). The lowest BCUT2D eigenvalue weighted by Crippen LogP contribution is -2.11. The lowest BCUT2D eigenvalue weighted by atomic mass is 9.93. The molecule has 0 bridgehead atoms. The van der Waals surface area contributed by atoms with Crippen LogP contribution in [-0.2, 0) is 34.5 Å². The number of methoxy groups -OCH3 is 1. The zero-order chi connectivity index (χ0) is 28.6. The molecule has 0 aliphatic carbocycles. The quantitative estimate of drug-likeness (QED) is 0.175. The van der Waals surface area contributed by atoms with Crippen LogP contribution in [0.5, 0.6) is 5.75 Å². The SMILES string of the molecule is COC(=O)Cc1cn(Cc2ccc3oc(-c4nc(C(C)(C)C)cs4)cc3c2)c2ccc(OCc3ccccc3)cc12. The number of thiazole rings is 1. The maximum atomic E-state index is 12.2. The number of fused-ring (bicyclic) bond motifs is 2. The fourth-order valence-electron chi connectivity index (χ4n) is 4.90. The summed E-state index contributed by atoms with van der Waals surface area (Å²) in [6.07, 6.45) is 2.23. The van der Waals surface area contributed by atoms with Crippen LogP contribution in [0.1, 0.15) is 43.2 Å². The van der Waals surface area contributed by atoms with Gasteiger partial charge in [-0.15, -0.1) is 11.3 Å². The summed E-state index contributed by atoms with van der Waals surface area (Å²) in [6.45, 7) is 7.61. The van der Waals surface area contributed by atoms with Crippen molar-refractivity contribution in [2.24, 2.45) is 0 Å². The second-order valence-corrected chi connectivity index (χ2v) is 12.1. The second kappa shape index (κ2) is 10.9. The van der Waals surface area contributed by atoms with E-state index >= 15 is 0 Å². The van der Waals surface area contributed by atoms with Gasteiger partial charge in [-0.25, -0.2) is 4.98 Å². The molecule has 0 unspecified atom stereocenters. The Kier molecular flexibility index (Phi) is 7.14. The standard InChI is InChI=1S/C34H32N2O4S/c1-34(2,3)31-21-41-33(35-31)30-15-24-14-23(10-13-29(24)40-30)18-36-19-25(16-32(37)38-4)27-17-26(11-12-28(27)36)39-20-22-8-6-5-7-9-22/h5-15,17,19,21H,16,18,20H2,1-4H3. The molecule has 3 aromatic heterocycles. The van der Waals surface area contributed by atoms with Crippen molar-refractivity contribution < 1.29 is 18.7 Å². The zero-order valence-electron chi connectivity index (χ0n) is 23.6. The topological polar surface area (TPSA) is 66.5 Å². The lowest BCUT2D eigenvalue weighted by Gasteiger charge is -2.13. The first kappa shape index (κ1) is 26.8. The van der Waals surface area contributed by atoms with Gasteiger partial charge in [-0.2, -0.15) is 0 Å². The summed E-state index contributed by atoms with van der Waals surface area (Å²) in [7, 11) is 1.42. The highest BCUT2D eigenvalue weighted by Crippen LogP contribution is 2.34. The Morgan fingerprint density at radius 1 is 1.00 bits per heavy atom. The molecule has 0 atom stereocenters. The smallest absolute Gasteiger partial charge is 0.310 e. The predicted octanol–water partition coefficient (Wildman–Crippen LogP) is 8.15. The van der Waals surface area contributed by atoms with Crippen LogP contribution < -0.4 is 4.74 Å². The molecule has 41 heavy (non-hydrogen) atoms. The van der Waals surface area contributed by atoms with Crippen LogP contribution >= 0.6 is 11.3 Å². The van der Waals surface area contributed by atoms with E-state index in [2.05, 4.69) is 55.0 Å². The van der Waals surface area contributed by atoms with Gasteiger partial charge in [0, 0.05) is 39.8 Å². The monoisotopic (exact) mass is 564 g/mol. The molecule has 0 saturated carbocycles. The van der Waals surface area contributed by atoms with Crippen LogP contribution in [0.2, 0.25) is 0 Å². The Morgan fingerprint density at radius 2 is 1.83 bits per heavy atom. The molecule has 0 N–H and O–H groups in total. The Labute approximate surface area is 243 Å². The van der Waals surface area contributed by atoms with Crippen LogP contribution in [0, 0.1) is 0 Å². The summed E-state index contributed by atoms with van der Waals surface area (Å²) >= 11 is 1.61. The van der Waals surface area contributed by atoms with Gasteiger partial charge in [-0.3, -0.25) is 4.79 Å². The summed E-state index contributed by atoms with van der Waals surface area (Å²) in [4.78, 5) is 17.0. The Balaban J connectivity index is 1.29. The molecule has 6 aromatic rings. The maximum absolute atomic E-state index is 12.2. The van der Waals surface area contributed by atoms with Gasteiger partial charge in [0.2, 0.25) is 0 Å². The van der Waals surface area contributed by atoms with Crippen LogP contribution in [0.3, 0.4) is 0 Å². The number of esters is 1. The number of benzene rings is 3. The van der Waals surface area contributed by atoms with Gasteiger partial charge in [0.15, 0.2) is 10.8 Å². The molecule has 0 radical (unpaired) electrons. The highest BCUT2D eigenvalue weighted by atomic mass is 32.1. The van der Waals surface area contributed by atoms with E-state index in [4.69, 9.17) is 18.9 Å². The van der Waals surface area contributed by atoms with Crippen molar-refractivity contribution in [2.45, 2.75) is 45.8 Å². The third-order valence-corrected chi connectivity index (χ3v) is 8.02. The number of furan rings is 1. The molecular formula is C34H32N2O4S. The molecule has 208 valence electrons. The number of hydrogen-bond donors (Lipinski definition) is 0. The highest BCUT2D eigenvalue weighted by Gasteiger charge is 2.20. The van der Waals surface area contributed by atoms with Gasteiger partial charge in [-0.05, 0) is 53.1 Å². The molecule has 6 nitrogen and oxygen atoms in total. The summed E-state index contributed by atoms with van der Waals surface area (Å²) in [5.74, 6) is 1.27. The molecular weight excluding hydrogens is 532 g/mol. The van der Waals surface area contributed by atoms with Gasteiger partial charge < -0.3 is 18.5 Å². The predicted molar refractivity (Wildman–Crippen MR) is 164 cm³/mol. The normalized spacial score (nSPS) is 11.8. The fourth-order valence-corrected chi connectivity index (χ4v) is 5.90. The molecule has 3 aromatic carbocycles. The van der Waals surface area contributed by atoms with Crippen LogP contribution in [0.25, 0.3) is 32.6 Å². The minimum atomic E-state index is -0.274. The van der Waals surface area contributed by atoms with E-state index in [0.29, 0.717) is 13.2 Å². The average molecular weight is 565 g/mol. The van der Waals surface area contributed by atoms with E-state index in [9.17, 15) is 4.79 Å². The molecule has 7 heteroatoms. The van der Waals surface area contributed by atoms with Crippen LogP contribution in [0.4, 0.5) is 0 Å². The summed E-state index contributed by atoms with van der Waals surface area (Å²) in [5.41, 5.74) is 6.06. The van der Waals surface area contributed by atoms with Gasteiger partial charge >= 0.3 is 5.97 Å². The first-order valence-corrected chi connectivity index (χ1v) is 14.5. The molecule has 0 spiro atoms. The van der Waals surface area contributed by atoms with Crippen LogP contribution in [-0.4, -0.2) is 22.6 Å². The molecule has 0 aliphatic rings. The van der Waals surface area contributed by atoms with E-state index < -0.39 is 0 Å². The summed E-state index contributed by atoms with van der Waals surface area (Å²) in [5, 5.41) is 5.01. The molecule has 0 amide bonds. The minimum absolute atomic E-state index is 0.00498. The fraction of sp³-hybridized carbons (Fsp3) is 0.235. The van der Waals surface area contributed by atoms with Crippen molar-refractivity contribution in [3.63, 3.8) is 0 Å². The first-order valence-electron chi connectivity index (χ1n) is 13.6. The first-order chi connectivity index (χ1) is 19.8. The lowest BCUT2D eigenvalue weighted by molar-refractivity contribution is -0.139. The Morgan fingerprint density at radius 3 is 2.59 bits per heavy atom. The van der Waals surface area contributed by atoms with Crippen molar-refractivity contribution in [3.8, 4) is 16.5 Å². The van der Waals surface area contributed by atoms with Crippen molar-refractivity contribution in [1.82, 2.24) is 9.55 Å². The van der Waals surface area contributed by atoms with E-state index in [1.54, 1.807) is 11.3 Å². The zero-order valence-corrected chi connectivity index (χ0v) is 24.5. The van der Waals surface area contributed by atoms with Crippen molar-refractivity contribution in [1.29, 1.82) is 0 Å². The summed E-state index contributed by atoms with van der Waals surface area (Å²) in [6, 6.07) is 24.4. The van der Waals surface area contributed by atoms with E-state index in [-0.39, 0.29) is 17.8 Å². The van der Waals surface area contributed by atoms with Gasteiger partial charge in [0.25, 0.3) is 0 Å². The van der Waals surface area contributed by atoms with Crippen molar-refractivity contribution in [2.75, 3.05) is 7.11 Å². The number of rotatable bonds is 8. The maximum Gasteiger partial charge on any atom is 0.310 e. The van der Waals surface area contributed by atoms with E-state index in [0.717, 1.165) is 60.8 Å². The van der Waals surface area contributed by atoms with Crippen molar-refractivity contribution >= 4 is 39.2 Å². The average Bonchev–Trinajstić information content (AvgIpc) is 3.70. The molecule has 3 heterocycles. The number of carbonyl (C=O) groups excluding carboxylic acids is 1. The van der Waals surface area contributed by atoms with Crippen molar-refractivity contribution in [3.05, 3.63) is 107 Å². The Hall–Kier alpha value is -4.36. The third kappa shape index (κ3) is 5.77. The molecule has 0 fully saturated rings. The largest absolute Gasteiger partial charge is 0.489 e. The number of carbonyl (C=O) groups is 1. The van der Waals surface area contributed by atoms with Crippen LogP contribution in [0.15, 0.2) is 88.8 Å². The third-order valence-electron chi connectivity index (χ3n) is 7.16. The van der Waals surface area contributed by atoms with Gasteiger partial charge in [0.05, 0.1) is 19.2 Å². The minimum Gasteiger partial charge on any atom is -0.489 e.